The molecule has 0 radical (unpaired) electrons. The number of hydrogen-bond acceptors (Lipinski definition) is 7. The van der Waals surface area contributed by atoms with Crippen LogP contribution in [-0.4, -0.2) is 59.8 Å². The van der Waals surface area contributed by atoms with E-state index in [1.54, 1.807) is 0 Å². The van der Waals surface area contributed by atoms with Gasteiger partial charge in [0.2, 0.25) is 0 Å². The third-order valence-electron chi connectivity index (χ3n) is 12.0. The predicted molar refractivity (Wildman–Crippen MR) is 257 cm³/mol. The SMILES string of the molecule is C.C.C.C.C.C.CC(C)(C)OC(=O)C1CC2CCC1C2.CC(C)C.CC(C)C.CC(C)C.O=C(OCC(O)(C(F)(F)F)C(F)(F)F)C1CC2CCC1C2.O=C1CC2(CO1)CC1CCC2C1. The summed E-state index contributed by atoms with van der Waals surface area (Å²) in [5.74, 6) is 4.50. The van der Waals surface area contributed by atoms with E-state index in [1.165, 1.54) is 44.9 Å². The Balaban J connectivity index is -0.000000241. The van der Waals surface area contributed by atoms with Crippen molar-refractivity contribution in [1.29, 1.82) is 0 Å². The van der Waals surface area contributed by atoms with Crippen LogP contribution in [0.4, 0.5) is 26.3 Å². The van der Waals surface area contributed by atoms with E-state index in [0.717, 1.165) is 67.8 Å². The van der Waals surface area contributed by atoms with Gasteiger partial charge in [0.05, 0.1) is 24.9 Å². The third-order valence-corrected chi connectivity index (χ3v) is 12.0. The zero-order valence-electron chi connectivity index (χ0n) is 38.1. The quantitative estimate of drug-likeness (QED) is 0.170. The van der Waals surface area contributed by atoms with Crippen molar-refractivity contribution >= 4 is 17.9 Å². The first kappa shape index (κ1) is 71.9. The molecule has 6 saturated carbocycles. The van der Waals surface area contributed by atoms with E-state index in [9.17, 15) is 40.7 Å². The van der Waals surface area contributed by atoms with Gasteiger partial charge >= 0.3 is 30.3 Å². The van der Waals surface area contributed by atoms with Gasteiger partial charge in [0.1, 0.15) is 12.2 Å². The average molecular weight is 953 g/mol. The Morgan fingerprint density at radius 2 is 1.02 bits per heavy atom. The minimum Gasteiger partial charge on any atom is -0.465 e. The second kappa shape index (κ2) is 29.8. The highest BCUT2D eigenvalue weighted by Gasteiger charge is 2.71. The van der Waals surface area contributed by atoms with Gasteiger partial charge in [-0.3, -0.25) is 14.4 Å². The molecule has 1 N–H and O–H groups in total. The minimum atomic E-state index is -5.97. The van der Waals surface area contributed by atoms with Crippen molar-refractivity contribution in [3.63, 3.8) is 0 Å². The normalized spacial score (nSPS) is 28.4. The summed E-state index contributed by atoms with van der Waals surface area (Å²) in [6, 6.07) is 0. The molecule has 6 bridgehead atoms. The molecule has 0 amide bonds. The first-order valence-electron chi connectivity index (χ1n) is 22.3. The number of halogens is 6. The lowest BCUT2D eigenvalue weighted by Gasteiger charge is -2.32. The summed E-state index contributed by atoms with van der Waals surface area (Å²) in [7, 11) is 0. The minimum absolute atomic E-state index is 0. The van der Waals surface area contributed by atoms with Crippen LogP contribution in [0.3, 0.4) is 0 Å². The van der Waals surface area contributed by atoms with Gasteiger partial charge in [0, 0.05) is 5.41 Å². The summed E-state index contributed by atoms with van der Waals surface area (Å²) in [6.45, 7) is 23.9. The molecule has 0 aromatic rings. The topological polar surface area (TPSA) is 99.1 Å². The van der Waals surface area contributed by atoms with Crippen molar-refractivity contribution in [1.82, 2.24) is 0 Å². The molecule has 7 aliphatic rings. The van der Waals surface area contributed by atoms with Crippen molar-refractivity contribution in [2.24, 2.45) is 70.5 Å². The summed E-state index contributed by atoms with van der Waals surface area (Å²) in [5.41, 5.74) is -5.05. The standard InChI is InChI=1S/C12H14F6O3.C12H20O2.C10H14O2.3C4H10.6CH4/c13-11(14,15)10(20,12(16,17)18)5-21-9(19)8-4-6-1-2-7(8)3-6;1-12(2,3)14-11(13)10-7-8-4-5-9(10)6-8;11-9-5-10(6-12-9)4-7-1-2-8(10)3-7;3*1-4(2)3;;;;;;/h6-8,20H,1-5H2;8-10H,4-7H2,1-3H3;7-8H,1-6H2;3*4H,1-3H3;6*1H4. The molecule has 0 aromatic carbocycles. The predicted octanol–water partition coefficient (Wildman–Crippen LogP) is 16.1. The van der Waals surface area contributed by atoms with E-state index in [2.05, 4.69) is 67.1 Å². The van der Waals surface area contributed by atoms with E-state index in [1.807, 2.05) is 20.8 Å². The van der Waals surface area contributed by atoms with Crippen LogP contribution < -0.4 is 0 Å². The zero-order valence-corrected chi connectivity index (χ0v) is 38.1. The lowest BCUT2D eigenvalue weighted by Crippen LogP contribution is -2.60. The molecule has 6 aliphatic carbocycles. The summed E-state index contributed by atoms with van der Waals surface area (Å²) in [4.78, 5) is 34.6. The van der Waals surface area contributed by atoms with E-state index < -0.39 is 36.4 Å². The lowest BCUT2D eigenvalue weighted by atomic mass is 9.73. The highest BCUT2D eigenvalue weighted by Crippen LogP contribution is 2.59. The fourth-order valence-electron chi connectivity index (χ4n) is 9.62. The largest absolute Gasteiger partial charge is 0.465 e. The molecule has 7 nitrogen and oxygen atoms in total. The maximum Gasteiger partial charge on any atom is 0.429 e. The Bertz CT molecular complexity index is 1290. The van der Waals surface area contributed by atoms with Crippen LogP contribution in [0.2, 0.25) is 0 Å². The molecule has 7 rings (SSSR count). The molecule has 1 spiro atoms. The second-order valence-electron chi connectivity index (χ2n) is 21.5. The Hall–Kier alpha value is -2.05. The van der Waals surface area contributed by atoms with Gasteiger partial charge in [-0.1, -0.05) is 126 Å². The number of fused-ring (bicyclic) bond motifs is 7. The Labute approximate surface area is 395 Å². The van der Waals surface area contributed by atoms with E-state index in [4.69, 9.17) is 14.6 Å². The maximum absolute atomic E-state index is 12.4. The number of rotatable bonds is 4. The molecule has 9 atom stereocenters. The average Bonchev–Trinajstić information content (AvgIpc) is 3.93. The van der Waals surface area contributed by atoms with E-state index in [-0.39, 0.29) is 79.9 Å². The highest BCUT2D eigenvalue weighted by molar-refractivity contribution is 5.74. The summed E-state index contributed by atoms with van der Waals surface area (Å²) in [5, 5.41) is 8.88. The molecular weight excluding hydrogens is 851 g/mol. The smallest absolute Gasteiger partial charge is 0.429 e. The highest BCUT2D eigenvalue weighted by atomic mass is 19.4. The number of aliphatic hydroxyl groups is 1. The van der Waals surface area contributed by atoms with Crippen LogP contribution >= 0.6 is 0 Å². The molecular formula is C52H102F6O7. The van der Waals surface area contributed by atoms with Gasteiger partial charge in [-0.25, -0.2) is 0 Å². The Kier molecular flexibility index (Phi) is 32.9. The van der Waals surface area contributed by atoms with Crippen LogP contribution in [-0.2, 0) is 28.6 Å². The van der Waals surface area contributed by atoms with Crippen LogP contribution in [0, 0.1) is 70.5 Å². The number of alkyl halides is 6. The number of ether oxygens (including phenoxy) is 3. The van der Waals surface area contributed by atoms with E-state index in [0.29, 0.717) is 24.2 Å². The molecule has 65 heavy (non-hydrogen) atoms. The maximum atomic E-state index is 12.4. The van der Waals surface area contributed by atoms with Gasteiger partial charge in [-0.05, 0) is 132 Å². The lowest BCUT2D eigenvalue weighted by molar-refractivity contribution is -0.375. The summed E-state index contributed by atoms with van der Waals surface area (Å²) in [6.07, 6.45) is 1.93. The Morgan fingerprint density at radius 1 is 0.631 bits per heavy atom. The van der Waals surface area contributed by atoms with Gasteiger partial charge in [-0.15, -0.1) is 0 Å². The summed E-state index contributed by atoms with van der Waals surface area (Å²) >= 11 is 0. The molecule has 0 aromatic heterocycles. The van der Waals surface area contributed by atoms with Crippen molar-refractivity contribution in [2.45, 2.75) is 235 Å². The van der Waals surface area contributed by atoms with Gasteiger partial charge in [0.25, 0.3) is 5.60 Å². The molecule has 13 heteroatoms. The van der Waals surface area contributed by atoms with E-state index >= 15 is 0 Å². The number of carbonyl (C=O) groups excluding carboxylic acids is 3. The van der Waals surface area contributed by atoms with Gasteiger partial charge < -0.3 is 19.3 Å². The molecule has 7 fully saturated rings. The molecule has 1 heterocycles. The fourth-order valence-corrected chi connectivity index (χ4v) is 9.62. The molecule has 1 aliphatic heterocycles. The second-order valence-corrected chi connectivity index (χ2v) is 21.5. The first-order chi connectivity index (χ1) is 26.9. The number of carbonyl (C=O) groups is 3. The van der Waals surface area contributed by atoms with Crippen LogP contribution in [0.15, 0.2) is 0 Å². The zero-order chi connectivity index (χ0) is 45.3. The number of cyclic esters (lactones) is 1. The Morgan fingerprint density at radius 3 is 1.28 bits per heavy atom. The number of esters is 3. The summed E-state index contributed by atoms with van der Waals surface area (Å²) < 4.78 is 89.2. The van der Waals surface area contributed by atoms with Crippen molar-refractivity contribution < 1.29 is 60.0 Å². The molecule has 9 unspecified atom stereocenters. The first-order valence-corrected chi connectivity index (χ1v) is 22.3. The molecule has 1 saturated heterocycles. The van der Waals surface area contributed by atoms with Gasteiger partial charge in [-0.2, -0.15) is 26.3 Å². The van der Waals surface area contributed by atoms with Crippen molar-refractivity contribution in [3.05, 3.63) is 0 Å². The third kappa shape index (κ3) is 22.3. The van der Waals surface area contributed by atoms with Crippen LogP contribution in [0.5, 0.6) is 0 Å². The van der Waals surface area contributed by atoms with Crippen molar-refractivity contribution in [2.75, 3.05) is 13.2 Å². The van der Waals surface area contributed by atoms with Crippen LogP contribution in [0.25, 0.3) is 0 Å². The monoisotopic (exact) mass is 953 g/mol. The van der Waals surface area contributed by atoms with Gasteiger partial charge in [0.15, 0.2) is 0 Å². The van der Waals surface area contributed by atoms with Crippen LogP contribution in [0.1, 0.15) is 211 Å². The number of hydrogen-bond donors (Lipinski definition) is 1. The van der Waals surface area contributed by atoms with Crippen molar-refractivity contribution in [3.8, 4) is 0 Å². The molecule has 394 valence electrons. The fraction of sp³-hybridized carbons (Fsp3) is 0.942.